The Hall–Kier alpha value is -4.44. The number of aromatic amines is 2. The number of H-pyrrole nitrogens is 2. The average molecular weight is 729 g/mol. The van der Waals surface area contributed by atoms with Crippen molar-refractivity contribution in [3.63, 3.8) is 0 Å². The van der Waals surface area contributed by atoms with E-state index < -0.39 is 0 Å². The Labute approximate surface area is 317 Å². The number of thiazole rings is 1. The summed E-state index contributed by atoms with van der Waals surface area (Å²) in [5.41, 5.74) is 6.02. The van der Waals surface area contributed by atoms with Crippen molar-refractivity contribution in [1.82, 2.24) is 40.1 Å². The van der Waals surface area contributed by atoms with Crippen LogP contribution in [0.15, 0.2) is 89.6 Å². The molecule has 0 aromatic carbocycles. The molecule has 9 nitrogen and oxygen atoms in total. The standard InChI is InChI=1S/C8H14N2.2C8H11N.C6H10N2.C6H9NO.C6H9NS/c1-5(2)8-6(3)9-10-7(8)4;2*1-7(2)8-5-3-4-6-9-8;3*1-5(2)6-7-3-4-8-6/h5H,1-4H3,(H,9,10);2*3-7H,1-2H3;3-5H,1-2H3,(H,7,8);2*3-5H,1-2H3. The second kappa shape index (κ2) is 25.5. The van der Waals surface area contributed by atoms with E-state index in [9.17, 15) is 0 Å². The maximum atomic E-state index is 4.98. The molecule has 0 unspecified atom stereocenters. The molecule has 6 rings (SSSR count). The number of nitrogens with one attached hydrogen (secondary N) is 2. The van der Waals surface area contributed by atoms with Crippen molar-refractivity contribution in [2.24, 2.45) is 0 Å². The predicted octanol–water partition coefficient (Wildman–Crippen LogP) is 12.2. The molecule has 2 N–H and O–H groups in total. The molecule has 52 heavy (non-hydrogen) atoms. The summed E-state index contributed by atoms with van der Waals surface area (Å²) in [5, 5.41) is 10.3. The molecule has 6 heterocycles. The number of hydrogen-bond donors (Lipinski definition) is 2. The number of pyridine rings is 2. The first-order chi connectivity index (χ1) is 24.6. The summed E-state index contributed by atoms with van der Waals surface area (Å²) in [6.45, 7) is 29.7. The highest BCUT2D eigenvalue weighted by Crippen LogP contribution is 2.20. The van der Waals surface area contributed by atoms with Gasteiger partial charge in [-0.2, -0.15) is 5.10 Å². The smallest absolute Gasteiger partial charge is 0.196 e. The summed E-state index contributed by atoms with van der Waals surface area (Å²) in [5.74, 6) is 5.07. The van der Waals surface area contributed by atoms with Crippen LogP contribution in [-0.4, -0.2) is 40.1 Å². The number of aromatic nitrogens is 8. The number of aryl methyl sites for hydroxylation is 2. The zero-order valence-electron chi connectivity index (χ0n) is 34.0. The Morgan fingerprint density at radius 2 is 1.17 bits per heavy atom. The lowest BCUT2D eigenvalue weighted by Crippen LogP contribution is -1.90. The third-order valence-corrected chi connectivity index (χ3v) is 8.35. The van der Waals surface area contributed by atoms with Crippen molar-refractivity contribution >= 4 is 11.3 Å². The molecule has 0 aliphatic carbocycles. The lowest BCUT2D eigenvalue weighted by molar-refractivity contribution is 0.471. The van der Waals surface area contributed by atoms with Gasteiger partial charge in [0.05, 0.1) is 16.9 Å². The van der Waals surface area contributed by atoms with E-state index in [-0.39, 0.29) is 0 Å². The van der Waals surface area contributed by atoms with E-state index in [1.165, 1.54) is 16.3 Å². The van der Waals surface area contributed by atoms with Crippen molar-refractivity contribution < 1.29 is 4.42 Å². The van der Waals surface area contributed by atoms with Crippen LogP contribution in [0.25, 0.3) is 0 Å². The monoisotopic (exact) mass is 728 g/mol. The van der Waals surface area contributed by atoms with Crippen molar-refractivity contribution in [3.8, 4) is 0 Å². The lowest BCUT2D eigenvalue weighted by Gasteiger charge is -2.02. The van der Waals surface area contributed by atoms with Crippen molar-refractivity contribution in [3.05, 3.63) is 130 Å². The molecule has 284 valence electrons. The van der Waals surface area contributed by atoms with Crippen LogP contribution in [0.3, 0.4) is 0 Å². The molecule has 0 saturated heterocycles. The molecule has 0 atom stereocenters. The van der Waals surface area contributed by atoms with Gasteiger partial charge in [-0.1, -0.05) is 95.2 Å². The van der Waals surface area contributed by atoms with Gasteiger partial charge in [0.1, 0.15) is 12.1 Å². The van der Waals surface area contributed by atoms with Crippen LogP contribution < -0.4 is 0 Å². The number of oxazole rings is 1. The summed E-state index contributed by atoms with van der Waals surface area (Å²) in [4.78, 5) is 23.5. The van der Waals surface area contributed by atoms with Crippen LogP contribution in [0, 0.1) is 13.8 Å². The van der Waals surface area contributed by atoms with E-state index in [1.54, 1.807) is 30.0 Å². The summed E-state index contributed by atoms with van der Waals surface area (Å²) in [7, 11) is 0. The van der Waals surface area contributed by atoms with Gasteiger partial charge in [-0.05, 0) is 61.4 Å². The van der Waals surface area contributed by atoms with Gasteiger partial charge in [0.15, 0.2) is 5.89 Å². The first-order valence-corrected chi connectivity index (χ1v) is 19.1. The summed E-state index contributed by atoms with van der Waals surface area (Å²) in [6, 6.07) is 12.0. The molecular weight excluding hydrogens is 665 g/mol. The van der Waals surface area contributed by atoms with Crippen LogP contribution in [0.1, 0.15) is 164 Å². The quantitative estimate of drug-likeness (QED) is 0.175. The van der Waals surface area contributed by atoms with Gasteiger partial charge in [0, 0.05) is 71.2 Å². The molecule has 0 aliphatic heterocycles. The largest absolute Gasteiger partial charge is 0.449 e. The second-order valence-corrected chi connectivity index (χ2v) is 14.9. The minimum Gasteiger partial charge on any atom is -0.449 e. The molecule has 0 aliphatic rings. The van der Waals surface area contributed by atoms with E-state index in [4.69, 9.17) is 4.42 Å². The Morgan fingerprint density at radius 1 is 0.577 bits per heavy atom. The molecule has 6 aromatic rings. The Kier molecular flexibility index (Phi) is 22.4. The highest BCUT2D eigenvalue weighted by molar-refractivity contribution is 7.09. The Morgan fingerprint density at radius 3 is 1.38 bits per heavy atom. The van der Waals surface area contributed by atoms with Gasteiger partial charge in [-0.15, -0.1) is 11.3 Å². The third kappa shape index (κ3) is 18.7. The lowest BCUT2D eigenvalue weighted by atomic mass is 10.0. The van der Waals surface area contributed by atoms with Crippen LogP contribution >= 0.6 is 11.3 Å². The van der Waals surface area contributed by atoms with Gasteiger partial charge in [0.2, 0.25) is 0 Å². The fourth-order valence-electron chi connectivity index (χ4n) is 4.48. The van der Waals surface area contributed by atoms with Crippen LogP contribution in [0.2, 0.25) is 0 Å². The summed E-state index contributed by atoms with van der Waals surface area (Å²) in [6.07, 6.45) is 12.4. The maximum Gasteiger partial charge on any atom is 0.196 e. The number of nitrogens with zero attached hydrogens (tertiary/aromatic N) is 6. The van der Waals surface area contributed by atoms with Crippen LogP contribution in [0.4, 0.5) is 0 Å². The van der Waals surface area contributed by atoms with Crippen LogP contribution in [-0.2, 0) is 0 Å². The third-order valence-electron chi connectivity index (χ3n) is 7.28. The van der Waals surface area contributed by atoms with Gasteiger partial charge in [-0.3, -0.25) is 15.1 Å². The van der Waals surface area contributed by atoms with E-state index >= 15 is 0 Å². The van der Waals surface area contributed by atoms with E-state index in [2.05, 4.69) is 116 Å². The van der Waals surface area contributed by atoms with E-state index in [0.717, 1.165) is 28.8 Å². The highest BCUT2D eigenvalue weighted by Gasteiger charge is 2.08. The molecule has 0 saturated carbocycles. The number of hydrogen-bond acceptors (Lipinski definition) is 8. The molecule has 10 heteroatoms. The molecule has 0 amide bonds. The predicted molar refractivity (Wildman–Crippen MR) is 218 cm³/mol. The fourth-order valence-corrected chi connectivity index (χ4v) is 5.13. The Bertz CT molecular complexity index is 1490. The first kappa shape index (κ1) is 45.6. The van der Waals surface area contributed by atoms with E-state index in [1.807, 2.05) is 87.3 Å². The van der Waals surface area contributed by atoms with Crippen LogP contribution in [0.5, 0.6) is 0 Å². The van der Waals surface area contributed by atoms with E-state index in [0.29, 0.717) is 35.5 Å². The van der Waals surface area contributed by atoms with Gasteiger partial charge < -0.3 is 9.40 Å². The number of imidazole rings is 1. The fraction of sp³-hybridized carbons (Fsp3) is 0.476. The molecule has 0 fully saturated rings. The SMILES string of the molecule is CC(C)c1ccccn1.CC(C)c1ccccn1.CC(C)c1ncc[nH]1.CC(C)c1ncco1.CC(C)c1nccs1.Cc1n[nH]c(C)c1C(C)C. The molecule has 0 bridgehead atoms. The van der Waals surface area contributed by atoms with Crippen molar-refractivity contribution in [1.29, 1.82) is 0 Å². The first-order valence-electron chi connectivity index (χ1n) is 18.3. The van der Waals surface area contributed by atoms with Gasteiger partial charge in [-0.25, -0.2) is 15.0 Å². The summed E-state index contributed by atoms with van der Waals surface area (Å²) < 4.78 is 4.98. The highest BCUT2D eigenvalue weighted by atomic mass is 32.1. The van der Waals surface area contributed by atoms with Crippen molar-refractivity contribution in [2.75, 3.05) is 0 Å². The number of rotatable bonds is 6. The molecular formula is C42H64N8OS. The average Bonchev–Trinajstić information content (AvgIpc) is 3.96. The van der Waals surface area contributed by atoms with Gasteiger partial charge in [0.25, 0.3) is 0 Å². The second-order valence-electron chi connectivity index (χ2n) is 14.0. The van der Waals surface area contributed by atoms with Crippen molar-refractivity contribution in [2.45, 2.75) is 132 Å². The molecule has 6 aromatic heterocycles. The minimum absolute atomic E-state index is 0.407. The summed E-state index contributed by atoms with van der Waals surface area (Å²) >= 11 is 1.72. The maximum absolute atomic E-state index is 4.98. The normalized spacial score (nSPS) is 10.4. The zero-order chi connectivity index (χ0) is 39.1. The zero-order valence-corrected chi connectivity index (χ0v) is 34.9. The molecule has 0 radical (unpaired) electrons. The minimum atomic E-state index is 0.407. The topological polar surface area (TPSA) is 122 Å². The Balaban J connectivity index is 0.000000313. The van der Waals surface area contributed by atoms with Gasteiger partial charge >= 0.3 is 0 Å². The molecule has 0 spiro atoms.